The number of aromatic nitrogens is 2. The van der Waals surface area contributed by atoms with Crippen LogP contribution in [-0.4, -0.2) is 21.0 Å². The second-order valence-corrected chi connectivity index (χ2v) is 3.92. The third-order valence-corrected chi connectivity index (χ3v) is 2.68. The highest BCUT2D eigenvalue weighted by Gasteiger charge is 2.12. The maximum absolute atomic E-state index is 10.9. The molecule has 0 spiro atoms. The molecule has 2 rings (SSSR count). The van der Waals surface area contributed by atoms with Crippen molar-refractivity contribution < 1.29 is 9.90 Å². The summed E-state index contributed by atoms with van der Waals surface area (Å²) in [7, 11) is 0. The van der Waals surface area contributed by atoms with Crippen LogP contribution in [0.25, 0.3) is 0 Å². The minimum absolute atomic E-state index is 0.0281. The first-order chi connectivity index (χ1) is 8.68. The van der Waals surface area contributed by atoms with Gasteiger partial charge in [-0.1, -0.05) is 17.7 Å². The van der Waals surface area contributed by atoms with Gasteiger partial charge in [0.25, 0.3) is 0 Å². The molecule has 0 aliphatic carbocycles. The van der Waals surface area contributed by atoms with E-state index in [9.17, 15) is 4.79 Å². The van der Waals surface area contributed by atoms with Gasteiger partial charge in [0.2, 0.25) is 0 Å². The number of halogens is 1. The summed E-state index contributed by atoms with van der Waals surface area (Å²) in [5.41, 5.74) is 0.983. The van der Waals surface area contributed by atoms with E-state index in [-0.39, 0.29) is 10.6 Å². The Hall–Kier alpha value is -2.14. The molecule has 92 valence electrons. The van der Waals surface area contributed by atoms with E-state index >= 15 is 0 Å². The molecule has 5 nitrogen and oxygen atoms in total. The van der Waals surface area contributed by atoms with Crippen molar-refractivity contribution >= 4 is 23.4 Å². The number of nitrogens with zero attached hydrogens (tertiary/aromatic N) is 2. The standard InChI is InChI=1S/C12H10ClN3O2/c13-10-9(12(17)18)3-5-15-11(10)16-7-8-2-1-4-14-6-8/h1-6H,7H2,(H,15,16)(H,17,18). The Labute approximate surface area is 108 Å². The van der Waals surface area contributed by atoms with Gasteiger partial charge < -0.3 is 10.4 Å². The summed E-state index contributed by atoms with van der Waals surface area (Å²) in [5, 5.41) is 12.0. The predicted molar refractivity (Wildman–Crippen MR) is 67.8 cm³/mol. The fourth-order valence-corrected chi connectivity index (χ4v) is 1.68. The normalized spacial score (nSPS) is 10.1. The van der Waals surface area contributed by atoms with E-state index in [4.69, 9.17) is 16.7 Å². The molecule has 0 aromatic carbocycles. The molecule has 0 radical (unpaired) electrons. The molecule has 0 saturated heterocycles. The van der Waals surface area contributed by atoms with Gasteiger partial charge in [-0.3, -0.25) is 4.98 Å². The van der Waals surface area contributed by atoms with Gasteiger partial charge in [0.15, 0.2) is 0 Å². The number of carboxylic acid groups (broad SMARTS) is 1. The van der Waals surface area contributed by atoms with E-state index in [1.54, 1.807) is 12.4 Å². The van der Waals surface area contributed by atoms with Crippen LogP contribution in [0.15, 0.2) is 36.8 Å². The average molecular weight is 264 g/mol. The summed E-state index contributed by atoms with van der Waals surface area (Å²) < 4.78 is 0. The lowest BCUT2D eigenvalue weighted by Gasteiger charge is -2.08. The lowest BCUT2D eigenvalue weighted by molar-refractivity contribution is 0.0697. The zero-order valence-corrected chi connectivity index (χ0v) is 10.1. The van der Waals surface area contributed by atoms with Gasteiger partial charge >= 0.3 is 5.97 Å². The van der Waals surface area contributed by atoms with Crippen molar-refractivity contribution in [2.45, 2.75) is 6.54 Å². The number of anilines is 1. The fraction of sp³-hybridized carbons (Fsp3) is 0.0833. The van der Waals surface area contributed by atoms with Crippen molar-refractivity contribution in [3.8, 4) is 0 Å². The Bertz CT molecular complexity index is 561. The first-order valence-corrected chi connectivity index (χ1v) is 5.57. The maximum atomic E-state index is 10.9. The van der Waals surface area contributed by atoms with Gasteiger partial charge in [0, 0.05) is 25.1 Å². The monoisotopic (exact) mass is 263 g/mol. The third-order valence-electron chi connectivity index (χ3n) is 2.30. The van der Waals surface area contributed by atoms with E-state index in [0.717, 1.165) is 5.56 Å². The van der Waals surface area contributed by atoms with Crippen LogP contribution in [0.2, 0.25) is 5.02 Å². The average Bonchev–Trinajstić information content (AvgIpc) is 2.38. The Balaban J connectivity index is 2.15. The number of carboxylic acids is 1. The van der Waals surface area contributed by atoms with E-state index in [1.807, 2.05) is 12.1 Å². The maximum Gasteiger partial charge on any atom is 0.337 e. The highest BCUT2D eigenvalue weighted by Crippen LogP contribution is 2.23. The Morgan fingerprint density at radius 1 is 1.39 bits per heavy atom. The zero-order valence-electron chi connectivity index (χ0n) is 9.30. The van der Waals surface area contributed by atoms with Crippen LogP contribution >= 0.6 is 11.6 Å². The largest absolute Gasteiger partial charge is 0.478 e. The molecule has 18 heavy (non-hydrogen) atoms. The number of rotatable bonds is 4. The highest BCUT2D eigenvalue weighted by molar-refractivity contribution is 6.35. The van der Waals surface area contributed by atoms with Crippen LogP contribution in [0.5, 0.6) is 0 Å². The highest BCUT2D eigenvalue weighted by atomic mass is 35.5. The van der Waals surface area contributed by atoms with Crippen LogP contribution in [0.4, 0.5) is 5.82 Å². The molecule has 2 heterocycles. The third kappa shape index (κ3) is 2.75. The number of hydrogen-bond donors (Lipinski definition) is 2. The summed E-state index contributed by atoms with van der Waals surface area (Å²) in [4.78, 5) is 18.9. The second kappa shape index (κ2) is 5.46. The molecule has 2 aromatic rings. The van der Waals surface area contributed by atoms with Crippen LogP contribution in [0.1, 0.15) is 15.9 Å². The Morgan fingerprint density at radius 3 is 2.89 bits per heavy atom. The molecule has 6 heteroatoms. The molecule has 2 aromatic heterocycles. The minimum Gasteiger partial charge on any atom is -0.478 e. The first-order valence-electron chi connectivity index (χ1n) is 5.19. The van der Waals surface area contributed by atoms with Gasteiger partial charge in [0.05, 0.1) is 10.6 Å². The molecular formula is C12H10ClN3O2. The number of hydrogen-bond acceptors (Lipinski definition) is 4. The molecule has 0 atom stereocenters. The van der Waals surface area contributed by atoms with Gasteiger partial charge in [-0.25, -0.2) is 9.78 Å². The van der Waals surface area contributed by atoms with Crippen LogP contribution in [0, 0.1) is 0 Å². The summed E-state index contributed by atoms with van der Waals surface area (Å²) in [6, 6.07) is 5.08. The summed E-state index contributed by atoms with van der Waals surface area (Å²) in [5.74, 6) is -0.729. The molecular weight excluding hydrogens is 254 g/mol. The van der Waals surface area contributed by atoms with Crippen LogP contribution in [-0.2, 0) is 6.54 Å². The van der Waals surface area contributed by atoms with Crippen molar-refractivity contribution in [2.75, 3.05) is 5.32 Å². The number of nitrogens with one attached hydrogen (secondary N) is 1. The van der Waals surface area contributed by atoms with E-state index in [1.165, 1.54) is 12.3 Å². The smallest absolute Gasteiger partial charge is 0.337 e. The predicted octanol–water partition coefficient (Wildman–Crippen LogP) is 2.44. The Kier molecular flexibility index (Phi) is 3.74. The van der Waals surface area contributed by atoms with Crippen molar-refractivity contribution in [3.05, 3.63) is 52.9 Å². The number of carbonyl (C=O) groups is 1. The summed E-state index contributed by atoms with van der Waals surface area (Å²) in [6.45, 7) is 0.476. The lowest BCUT2D eigenvalue weighted by Crippen LogP contribution is -2.05. The van der Waals surface area contributed by atoms with Gasteiger partial charge in [-0.05, 0) is 17.7 Å². The quantitative estimate of drug-likeness (QED) is 0.886. The first kappa shape index (κ1) is 12.3. The second-order valence-electron chi connectivity index (χ2n) is 3.54. The SMILES string of the molecule is O=C(O)c1ccnc(NCc2cccnc2)c1Cl. The molecule has 0 unspecified atom stereocenters. The molecule has 0 aliphatic rings. The Morgan fingerprint density at radius 2 is 2.22 bits per heavy atom. The summed E-state index contributed by atoms with van der Waals surface area (Å²) >= 11 is 5.95. The van der Waals surface area contributed by atoms with E-state index in [2.05, 4.69) is 15.3 Å². The van der Waals surface area contributed by atoms with Crippen molar-refractivity contribution in [3.63, 3.8) is 0 Å². The number of pyridine rings is 2. The van der Waals surface area contributed by atoms with Crippen molar-refractivity contribution in [2.24, 2.45) is 0 Å². The topological polar surface area (TPSA) is 75.1 Å². The molecule has 0 saturated carbocycles. The van der Waals surface area contributed by atoms with Gasteiger partial charge in [0.1, 0.15) is 5.82 Å². The zero-order chi connectivity index (χ0) is 13.0. The fourth-order valence-electron chi connectivity index (χ4n) is 1.42. The molecule has 0 amide bonds. The number of aromatic carboxylic acids is 1. The summed E-state index contributed by atoms with van der Waals surface area (Å²) in [6.07, 6.45) is 4.79. The van der Waals surface area contributed by atoms with Crippen molar-refractivity contribution in [1.29, 1.82) is 0 Å². The molecule has 2 N–H and O–H groups in total. The van der Waals surface area contributed by atoms with E-state index in [0.29, 0.717) is 12.4 Å². The van der Waals surface area contributed by atoms with Crippen LogP contribution < -0.4 is 5.32 Å². The minimum atomic E-state index is -1.08. The molecule has 0 aliphatic heterocycles. The lowest BCUT2D eigenvalue weighted by atomic mass is 10.2. The van der Waals surface area contributed by atoms with Gasteiger partial charge in [-0.2, -0.15) is 0 Å². The van der Waals surface area contributed by atoms with E-state index < -0.39 is 5.97 Å². The van der Waals surface area contributed by atoms with Crippen LogP contribution in [0.3, 0.4) is 0 Å². The molecule has 0 fully saturated rings. The van der Waals surface area contributed by atoms with Crippen molar-refractivity contribution in [1.82, 2.24) is 9.97 Å². The molecule has 0 bridgehead atoms. The van der Waals surface area contributed by atoms with Gasteiger partial charge in [-0.15, -0.1) is 0 Å².